The van der Waals surface area contributed by atoms with Gasteiger partial charge in [-0.25, -0.2) is 0 Å². The van der Waals surface area contributed by atoms with Gasteiger partial charge in [0.1, 0.15) is 12.4 Å². The van der Waals surface area contributed by atoms with Gasteiger partial charge in [0.2, 0.25) is 0 Å². The van der Waals surface area contributed by atoms with Gasteiger partial charge in [0.25, 0.3) is 0 Å². The number of ether oxygens (including phenoxy) is 1. The second-order valence-electron chi connectivity index (χ2n) is 4.23. The number of nitrogens with zero attached hydrogens (tertiary/aromatic N) is 1. The number of para-hydroxylation sites is 1. The highest BCUT2D eigenvalue weighted by molar-refractivity contribution is 6.30. The molecule has 3 aromatic rings. The molecule has 2 aromatic carbocycles. The summed E-state index contributed by atoms with van der Waals surface area (Å²) in [6.07, 6.45) is 1.80. The van der Waals surface area contributed by atoms with Crippen LogP contribution in [0.25, 0.3) is 10.9 Å². The van der Waals surface area contributed by atoms with Crippen molar-refractivity contribution in [1.82, 2.24) is 4.98 Å². The third-order valence-corrected chi connectivity index (χ3v) is 3.18. The van der Waals surface area contributed by atoms with Crippen molar-refractivity contribution in [2.24, 2.45) is 0 Å². The second kappa shape index (κ2) is 5.29. The van der Waals surface area contributed by atoms with E-state index in [0.29, 0.717) is 11.6 Å². The molecule has 1 aromatic heterocycles. The normalized spacial score (nSPS) is 10.6. The van der Waals surface area contributed by atoms with E-state index in [1.807, 2.05) is 54.6 Å². The summed E-state index contributed by atoms with van der Waals surface area (Å²) in [5, 5.41) is 1.83. The summed E-state index contributed by atoms with van der Waals surface area (Å²) >= 11 is 5.84. The monoisotopic (exact) mass is 269 g/mol. The molecular formula is C16H12ClNO. The van der Waals surface area contributed by atoms with Crippen molar-refractivity contribution in [1.29, 1.82) is 0 Å². The van der Waals surface area contributed by atoms with Crippen LogP contribution in [-0.4, -0.2) is 4.98 Å². The molecule has 3 rings (SSSR count). The lowest BCUT2D eigenvalue weighted by atomic mass is 10.1. The van der Waals surface area contributed by atoms with Crippen molar-refractivity contribution < 1.29 is 4.74 Å². The average Bonchev–Trinajstić information content (AvgIpc) is 2.47. The van der Waals surface area contributed by atoms with Crippen LogP contribution in [-0.2, 0) is 6.61 Å². The molecule has 1 heterocycles. The number of aromatic nitrogens is 1. The van der Waals surface area contributed by atoms with E-state index < -0.39 is 0 Å². The van der Waals surface area contributed by atoms with Gasteiger partial charge in [0, 0.05) is 22.2 Å². The summed E-state index contributed by atoms with van der Waals surface area (Å²) in [7, 11) is 0. The Bertz CT molecular complexity index is 689. The van der Waals surface area contributed by atoms with Gasteiger partial charge >= 0.3 is 0 Å². The fraction of sp³-hybridized carbons (Fsp3) is 0.0625. The van der Waals surface area contributed by atoms with Crippen LogP contribution < -0.4 is 4.74 Å². The van der Waals surface area contributed by atoms with Crippen molar-refractivity contribution in [2.45, 2.75) is 6.61 Å². The first-order valence-electron chi connectivity index (χ1n) is 6.04. The number of hydrogen-bond donors (Lipinski definition) is 0. The van der Waals surface area contributed by atoms with Crippen molar-refractivity contribution in [3.8, 4) is 5.75 Å². The molecule has 0 aliphatic carbocycles. The van der Waals surface area contributed by atoms with Gasteiger partial charge in [0.05, 0.1) is 5.52 Å². The molecule has 0 N–H and O–H groups in total. The average molecular weight is 270 g/mol. The van der Waals surface area contributed by atoms with Gasteiger partial charge in [-0.1, -0.05) is 35.9 Å². The fourth-order valence-electron chi connectivity index (χ4n) is 1.98. The summed E-state index contributed by atoms with van der Waals surface area (Å²) in [6.45, 7) is 0.496. The van der Waals surface area contributed by atoms with Crippen LogP contribution in [0, 0.1) is 0 Å². The van der Waals surface area contributed by atoms with Crippen LogP contribution in [0.2, 0.25) is 5.02 Å². The number of halogens is 1. The zero-order valence-corrected chi connectivity index (χ0v) is 11.0. The molecule has 0 aliphatic heterocycles. The highest BCUT2D eigenvalue weighted by Crippen LogP contribution is 2.20. The number of pyridine rings is 1. The maximum absolute atomic E-state index is 5.84. The van der Waals surface area contributed by atoms with Crippen LogP contribution in [0.15, 0.2) is 60.8 Å². The highest BCUT2D eigenvalue weighted by Gasteiger charge is 2.02. The van der Waals surface area contributed by atoms with E-state index in [9.17, 15) is 0 Å². The Morgan fingerprint density at radius 1 is 0.947 bits per heavy atom. The summed E-state index contributed by atoms with van der Waals surface area (Å²) in [5.74, 6) is 0.803. The lowest BCUT2D eigenvalue weighted by Crippen LogP contribution is -1.97. The predicted molar refractivity (Wildman–Crippen MR) is 77.5 cm³/mol. The predicted octanol–water partition coefficient (Wildman–Crippen LogP) is 4.47. The summed E-state index contributed by atoms with van der Waals surface area (Å²) in [5.41, 5.74) is 2.06. The van der Waals surface area contributed by atoms with E-state index in [4.69, 9.17) is 16.3 Å². The molecule has 0 fully saturated rings. The molecule has 0 spiro atoms. The molecule has 0 saturated heterocycles. The van der Waals surface area contributed by atoms with Crippen LogP contribution in [0.1, 0.15) is 5.56 Å². The minimum atomic E-state index is 0.496. The van der Waals surface area contributed by atoms with Gasteiger partial charge in [-0.2, -0.15) is 0 Å². The van der Waals surface area contributed by atoms with E-state index in [1.165, 1.54) is 0 Å². The van der Waals surface area contributed by atoms with E-state index in [1.54, 1.807) is 6.20 Å². The largest absolute Gasteiger partial charge is 0.489 e. The third-order valence-electron chi connectivity index (χ3n) is 2.92. The molecule has 0 radical (unpaired) electrons. The molecule has 0 atom stereocenters. The van der Waals surface area contributed by atoms with E-state index in [0.717, 1.165) is 22.2 Å². The molecule has 0 amide bonds. The van der Waals surface area contributed by atoms with Gasteiger partial charge in [0.15, 0.2) is 0 Å². The van der Waals surface area contributed by atoms with Crippen LogP contribution in [0.3, 0.4) is 0 Å². The fourth-order valence-corrected chi connectivity index (χ4v) is 2.10. The first-order chi connectivity index (χ1) is 9.33. The van der Waals surface area contributed by atoms with Gasteiger partial charge in [-0.05, 0) is 30.3 Å². The summed E-state index contributed by atoms with van der Waals surface area (Å²) in [4.78, 5) is 4.41. The molecule has 94 valence electrons. The number of fused-ring (bicyclic) bond motifs is 1. The van der Waals surface area contributed by atoms with Crippen molar-refractivity contribution in [2.75, 3.05) is 0 Å². The van der Waals surface area contributed by atoms with Crippen molar-refractivity contribution in [3.05, 3.63) is 71.4 Å². The van der Waals surface area contributed by atoms with E-state index >= 15 is 0 Å². The van der Waals surface area contributed by atoms with Crippen LogP contribution in [0.5, 0.6) is 5.75 Å². The topological polar surface area (TPSA) is 22.1 Å². The molecular weight excluding hydrogens is 258 g/mol. The Hall–Kier alpha value is -2.06. The van der Waals surface area contributed by atoms with Crippen molar-refractivity contribution >= 4 is 22.5 Å². The van der Waals surface area contributed by atoms with E-state index in [2.05, 4.69) is 4.98 Å². The SMILES string of the molecule is Clc1ccc(OCc2cccc3cccnc23)cc1. The van der Waals surface area contributed by atoms with E-state index in [-0.39, 0.29) is 0 Å². The van der Waals surface area contributed by atoms with Gasteiger partial charge < -0.3 is 4.74 Å². The number of rotatable bonds is 3. The molecule has 0 unspecified atom stereocenters. The Morgan fingerprint density at radius 2 is 1.74 bits per heavy atom. The summed E-state index contributed by atoms with van der Waals surface area (Å²) < 4.78 is 5.76. The minimum absolute atomic E-state index is 0.496. The highest BCUT2D eigenvalue weighted by atomic mass is 35.5. The molecule has 2 nitrogen and oxygen atoms in total. The smallest absolute Gasteiger partial charge is 0.119 e. The lowest BCUT2D eigenvalue weighted by Gasteiger charge is -2.08. The minimum Gasteiger partial charge on any atom is -0.489 e. The summed E-state index contributed by atoms with van der Waals surface area (Å²) in [6, 6.07) is 17.4. The first-order valence-corrected chi connectivity index (χ1v) is 6.42. The Labute approximate surface area is 116 Å². The lowest BCUT2D eigenvalue weighted by molar-refractivity contribution is 0.307. The Morgan fingerprint density at radius 3 is 2.58 bits per heavy atom. The number of hydrogen-bond acceptors (Lipinski definition) is 2. The zero-order valence-electron chi connectivity index (χ0n) is 10.2. The second-order valence-corrected chi connectivity index (χ2v) is 4.67. The quantitative estimate of drug-likeness (QED) is 0.700. The van der Waals surface area contributed by atoms with Crippen LogP contribution >= 0.6 is 11.6 Å². The standard InChI is InChI=1S/C16H12ClNO/c17-14-6-8-15(9-7-14)19-11-13-4-1-3-12-5-2-10-18-16(12)13/h1-10H,11H2. The Balaban J connectivity index is 1.84. The Kier molecular flexibility index (Phi) is 3.34. The third kappa shape index (κ3) is 2.69. The molecule has 3 heteroatoms. The molecule has 0 aliphatic rings. The maximum atomic E-state index is 5.84. The van der Waals surface area contributed by atoms with Gasteiger partial charge in [-0.15, -0.1) is 0 Å². The van der Waals surface area contributed by atoms with Crippen LogP contribution in [0.4, 0.5) is 0 Å². The molecule has 19 heavy (non-hydrogen) atoms. The number of benzene rings is 2. The molecule has 0 saturated carbocycles. The maximum Gasteiger partial charge on any atom is 0.119 e. The van der Waals surface area contributed by atoms with Gasteiger partial charge in [-0.3, -0.25) is 4.98 Å². The first kappa shape index (κ1) is 12.0. The molecule has 0 bridgehead atoms. The van der Waals surface area contributed by atoms with Crippen molar-refractivity contribution in [3.63, 3.8) is 0 Å². The zero-order chi connectivity index (χ0) is 13.1.